The molecule has 0 radical (unpaired) electrons. The number of carbonyl (C=O) groups excluding carboxylic acids is 3. The maximum atomic E-state index is 13.0. The van der Waals surface area contributed by atoms with Crippen molar-refractivity contribution < 1.29 is 73.8 Å². The first-order chi connectivity index (χ1) is 34.2. The molecule has 25 heteroatoms. The van der Waals surface area contributed by atoms with Crippen molar-refractivity contribution in [3.8, 4) is 0 Å². The van der Waals surface area contributed by atoms with Crippen LogP contribution in [0.2, 0.25) is 0 Å². The maximum Gasteiger partial charge on any atom is 0.326 e. The summed E-state index contributed by atoms with van der Waals surface area (Å²) in [6.07, 6.45) is 2.98. The number of thiocarbonyl (C=S) groups is 1. The van der Waals surface area contributed by atoms with Gasteiger partial charge in [-0.25, -0.2) is 9.59 Å². The number of nitrogens with zero attached hydrogens (tertiary/aromatic N) is 4. The molecule has 11 N–H and O–H groups in total. The van der Waals surface area contributed by atoms with Gasteiger partial charge in [-0.3, -0.25) is 53.2 Å². The number of carboxylic acids is 6. The van der Waals surface area contributed by atoms with Gasteiger partial charge in [0.15, 0.2) is 5.11 Å². The molecule has 2 rings (SSSR count). The van der Waals surface area contributed by atoms with E-state index in [9.17, 15) is 68.7 Å². The molecule has 1 heterocycles. The molecule has 24 nitrogen and oxygen atoms in total. The molecule has 1 aromatic rings. The molecule has 3 amide bonds. The first kappa shape index (κ1) is 62.1. The van der Waals surface area contributed by atoms with Crippen molar-refractivity contribution in [3.05, 3.63) is 29.8 Å². The van der Waals surface area contributed by atoms with Crippen molar-refractivity contribution in [3.63, 3.8) is 0 Å². The zero-order valence-electron chi connectivity index (χ0n) is 41.2. The molecule has 3 atom stereocenters. The van der Waals surface area contributed by atoms with Gasteiger partial charge >= 0.3 is 41.8 Å². The molecule has 1 unspecified atom stereocenters. The molecule has 404 valence electrons. The highest BCUT2D eigenvalue weighted by molar-refractivity contribution is 7.80. The summed E-state index contributed by atoms with van der Waals surface area (Å²) in [5.74, 6) is -7.88. The van der Waals surface area contributed by atoms with Gasteiger partial charge < -0.3 is 57.2 Å². The van der Waals surface area contributed by atoms with E-state index in [1.807, 2.05) is 36.1 Å². The molecule has 1 aliphatic heterocycles. The lowest BCUT2D eigenvalue weighted by atomic mass is 9.94. The number of carboxylic acid groups (broad SMARTS) is 6. The second-order valence-corrected chi connectivity index (χ2v) is 18.2. The lowest BCUT2D eigenvalue weighted by Gasteiger charge is -2.38. The molecule has 1 aliphatic rings. The fourth-order valence-electron chi connectivity index (χ4n) is 8.13. The summed E-state index contributed by atoms with van der Waals surface area (Å²) in [4.78, 5) is 114. The van der Waals surface area contributed by atoms with Gasteiger partial charge in [-0.1, -0.05) is 25.5 Å². The zero-order chi connectivity index (χ0) is 53.4. The molecule has 1 aromatic carbocycles. The Hall–Kier alpha value is -6.02. The van der Waals surface area contributed by atoms with Crippen LogP contribution in [0.5, 0.6) is 0 Å². The van der Waals surface area contributed by atoms with E-state index >= 15 is 0 Å². The molecule has 0 spiro atoms. The van der Waals surface area contributed by atoms with Crippen LogP contribution >= 0.6 is 12.2 Å². The number of hydrogen-bond acceptors (Lipinski definition) is 14. The van der Waals surface area contributed by atoms with Crippen molar-refractivity contribution in [2.24, 2.45) is 5.92 Å². The number of ketones is 1. The van der Waals surface area contributed by atoms with E-state index in [1.165, 1.54) is 0 Å². The number of hydrogen-bond donors (Lipinski definition) is 11. The Bertz CT molecular complexity index is 1930. The fraction of sp³-hybridized carbons (Fsp3) is 0.660. The van der Waals surface area contributed by atoms with E-state index in [0.29, 0.717) is 103 Å². The van der Waals surface area contributed by atoms with E-state index in [1.54, 1.807) is 9.80 Å². The Balaban J connectivity index is 1.85. The van der Waals surface area contributed by atoms with Gasteiger partial charge in [0, 0.05) is 109 Å². The number of aliphatic carboxylic acids is 6. The summed E-state index contributed by atoms with van der Waals surface area (Å²) >= 11 is 5.51. The Kier molecular flexibility index (Phi) is 30.3. The van der Waals surface area contributed by atoms with Crippen LogP contribution in [0.1, 0.15) is 89.5 Å². The second-order valence-electron chi connectivity index (χ2n) is 17.8. The van der Waals surface area contributed by atoms with E-state index in [2.05, 4.69) is 31.5 Å². The SMILES string of the molecule is CCN1CCN(CC(=O)O)CCN(CC(=O)O)CCN(CC(=O)O)CC1Cc1ccc(NC(=S)NCCCCCC(=O)C[C@@H](CCC(=O)O)C(=O)NCCCC[C@H](NC(=O)NCCCC(=O)O)C(=O)O)cc1. The minimum absolute atomic E-state index is 0.0314. The number of rotatable bonds is 33. The van der Waals surface area contributed by atoms with Gasteiger partial charge in [-0.2, -0.15) is 0 Å². The van der Waals surface area contributed by atoms with Gasteiger partial charge in [0.2, 0.25) is 5.91 Å². The Morgan fingerprint density at radius 3 is 1.75 bits per heavy atom. The predicted octanol–water partition coefficient (Wildman–Crippen LogP) is 1.28. The third kappa shape index (κ3) is 28.7. The van der Waals surface area contributed by atoms with Crippen LogP contribution in [-0.4, -0.2) is 213 Å². The summed E-state index contributed by atoms with van der Waals surface area (Å²) in [5.41, 5.74) is 1.72. The number of anilines is 1. The molecule has 0 aliphatic carbocycles. The van der Waals surface area contributed by atoms with Crippen molar-refractivity contribution in [2.75, 3.05) is 96.9 Å². The van der Waals surface area contributed by atoms with E-state index in [-0.39, 0.29) is 89.5 Å². The monoisotopic (exact) mass is 1040 g/mol. The molecule has 0 saturated carbocycles. The van der Waals surface area contributed by atoms with Crippen molar-refractivity contribution in [2.45, 2.75) is 102 Å². The maximum absolute atomic E-state index is 13.0. The van der Waals surface area contributed by atoms with Crippen LogP contribution in [0.15, 0.2) is 24.3 Å². The average Bonchev–Trinajstić information content (AvgIpc) is 3.29. The Morgan fingerprint density at radius 2 is 1.17 bits per heavy atom. The summed E-state index contributed by atoms with van der Waals surface area (Å²) in [6.45, 7) is 5.33. The van der Waals surface area contributed by atoms with Crippen LogP contribution in [0.3, 0.4) is 0 Å². The topological polar surface area (TPSA) is 348 Å². The molecule has 0 aromatic heterocycles. The first-order valence-electron chi connectivity index (χ1n) is 24.4. The number of carbonyl (C=O) groups is 9. The number of urea groups is 1. The largest absolute Gasteiger partial charge is 0.481 e. The van der Waals surface area contributed by atoms with Gasteiger partial charge in [0.1, 0.15) is 11.8 Å². The van der Waals surface area contributed by atoms with E-state index < -0.39 is 59.7 Å². The summed E-state index contributed by atoms with van der Waals surface area (Å²) in [5, 5.41) is 70.3. The van der Waals surface area contributed by atoms with Crippen molar-refractivity contribution in [1.82, 2.24) is 40.9 Å². The Morgan fingerprint density at radius 1 is 0.611 bits per heavy atom. The zero-order valence-corrected chi connectivity index (χ0v) is 42.0. The van der Waals surface area contributed by atoms with Crippen LogP contribution in [0.25, 0.3) is 0 Å². The number of unbranched alkanes of at least 4 members (excludes halogenated alkanes) is 3. The lowest BCUT2D eigenvalue weighted by molar-refractivity contribution is -0.140. The molecule has 1 fully saturated rings. The normalized spacial score (nSPS) is 16.2. The molecular weight excluding hydrogens is 963 g/mol. The summed E-state index contributed by atoms with van der Waals surface area (Å²) in [6, 6.07) is 5.58. The number of benzene rings is 1. The fourth-order valence-corrected chi connectivity index (χ4v) is 8.35. The number of amides is 3. The molecule has 72 heavy (non-hydrogen) atoms. The lowest BCUT2D eigenvalue weighted by Crippen LogP contribution is -2.52. The highest BCUT2D eigenvalue weighted by Crippen LogP contribution is 2.18. The predicted molar refractivity (Wildman–Crippen MR) is 268 cm³/mol. The number of nitrogens with one attached hydrogen (secondary N) is 5. The summed E-state index contributed by atoms with van der Waals surface area (Å²) in [7, 11) is 0. The molecular formula is C47H75N9O15S. The van der Waals surface area contributed by atoms with Crippen molar-refractivity contribution in [1.29, 1.82) is 0 Å². The van der Waals surface area contributed by atoms with Crippen LogP contribution in [-0.2, 0) is 44.8 Å². The highest BCUT2D eigenvalue weighted by Gasteiger charge is 2.27. The third-order valence-corrected chi connectivity index (χ3v) is 12.2. The number of Topliss-reactive ketones (excluding diaryl/α,β-unsaturated/α-hetero) is 1. The third-order valence-electron chi connectivity index (χ3n) is 12.0. The quantitative estimate of drug-likeness (QED) is 0.0349. The average molecular weight is 1040 g/mol. The minimum Gasteiger partial charge on any atom is -0.481 e. The molecule has 0 bridgehead atoms. The van der Waals surface area contributed by atoms with Crippen LogP contribution < -0.4 is 26.6 Å². The van der Waals surface area contributed by atoms with E-state index in [4.69, 9.17) is 17.3 Å². The minimum atomic E-state index is -1.26. The second kappa shape index (κ2) is 35.2. The van der Waals surface area contributed by atoms with Crippen LogP contribution in [0, 0.1) is 5.92 Å². The van der Waals surface area contributed by atoms with E-state index in [0.717, 1.165) is 11.3 Å². The number of likely N-dealkylation sites (N-methyl/N-ethyl adjacent to an activating group) is 1. The molecule has 1 saturated heterocycles. The van der Waals surface area contributed by atoms with Gasteiger partial charge in [-0.15, -0.1) is 0 Å². The van der Waals surface area contributed by atoms with Crippen molar-refractivity contribution >= 4 is 76.6 Å². The standard InChI is InChI=1S/C47H75N9O15S/c1-2-56-26-25-54(31-42(64)65)22-21-53(30-41(62)63)23-24-55(32-43(66)67)29-36(56)27-33-12-15-35(16-13-33)51-47(72)50-19-6-3-4-9-37(57)28-34(14-17-40(60)61)44(68)48-18-7-5-10-38(45(69)70)52-46(71)49-20-8-11-39(58)59/h12-13,15-16,34,36,38H,2-11,14,17-32H2,1H3,(H,48,68)(H,58,59)(H,60,61)(H,62,63)(H,64,65)(H,66,67)(H,69,70)(H2,49,52,71)(H2,50,51,72)/t34-,36?,38+/m1/s1. The van der Waals surface area contributed by atoms with Gasteiger partial charge in [0.05, 0.1) is 19.6 Å². The van der Waals surface area contributed by atoms with Crippen LogP contribution in [0.4, 0.5) is 10.5 Å². The van der Waals surface area contributed by atoms with Gasteiger partial charge in [0.25, 0.3) is 0 Å². The smallest absolute Gasteiger partial charge is 0.326 e. The van der Waals surface area contributed by atoms with Gasteiger partial charge in [-0.05, 0) is 87.8 Å². The summed E-state index contributed by atoms with van der Waals surface area (Å²) < 4.78 is 0. The Labute approximate surface area is 425 Å². The highest BCUT2D eigenvalue weighted by atomic mass is 32.1. The first-order valence-corrected chi connectivity index (χ1v) is 24.9.